The molecular weight excluding hydrogens is 218 g/mol. The Morgan fingerprint density at radius 1 is 1.35 bits per heavy atom. The Kier molecular flexibility index (Phi) is 3.00. The van der Waals surface area contributed by atoms with Crippen LogP contribution < -0.4 is 4.90 Å². The van der Waals surface area contributed by atoms with Gasteiger partial charge in [0.1, 0.15) is 5.82 Å². The van der Waals surface area contributed by atoms with Crippen LogP contribution in [-0.4, -0.2) is 34.1 Å². The van der Waals surface area contributed by atoms with E-state index in [1.807, 2.05) is 13.8 Å². The van der Waals surface area contributed by atoms with E-state index in [2.05, 4.69) is 14.9 Å². The van der Waals surface area contributed by atoms with Crippen LogP contribution in [0.5, 0.6) is 0 Å². The van der Waals surface area contributed by atoms with Gasteiger partial charge in [-0.05, 0) is 26.7 Å². The van der Waals surface area contributed by atoms with E-state index in [0.717, 1.165) is 24.6 Å². The monoisotopic (exact) mass is 235 g/mol. The van der Waals surface area contributed by atoms with Crippen LogP contribution in [0.15, 0.2) is 12.4 Å². The SMILES string of the molecule is Cc1nccnc1N1CCC(C)(C(=O)O)CC1. The van der Waals surface area contributed by atoms with Crippen molar-refractivity contribution in [3.05, 3.63) is 18.1 Å². The zero-order valence-corrected chi connectivity index (χ0v) is 10.2. The maximum absolute atomic E-state index is 11.1. The van der Waals surface area contributed by atoms with Gasteiger partial charge in [-0.3, -0.25) is 9.78 Å². The molecule has 92 valence electrons. The van der Waals surface area contributed by atoms with Crippen molar-refractivity contribution in [2.45, 2.75) is 26.7 Å². The highest BCUT2D eigenvalue weighted by molar-refractivity contribution is 5.74. The van der Waals surface area contributed by atoms with Crippen LogP contribution in [0.1, 0.15) is 25.5 Å². The number of hydrogen-bond acceptors (Lipinski definition) is 4. The Bertz CT molecular complexity index is 426. The smallest absolute Gasteiger partial charge is 0.309 e. The van der Waals surface area contributed by atoms with Gasteiger partial charge in [0.15, 0.2) is 0 Å². The highest BCUT2D eigenvalue weighted by atomic mass is 16.4. The van der Waals surface area contributed by atoms with Crippen molar-refractivity contribution < 1.29 is 9.90 Å². The molecule has 0 saturated carbocycles. The van der Waals surface area contributed by atoms with Gasteiger partial charge in [-0.15, -0.1) is 0 Å². The summed E-state index contributed by atoms with van der Waals surface area (Å²) in [6.45, 7) is 5.19. The van der Waals surface area contributed by atoms with E-state index in [-0.39, 0.29) is 0 Å². The number of carboxylic acids is 1. The van der Waals surface area contributed by atoms with Crippen LogP contribution in [0.25, 0.3) is 0 Å². The van der Waals surface area contributed by atoms with Crippen molar-refractivity contribution in [3.63, 3.8) is 0 Å². The first-order chi connectivity index (χ1) is 8.03. The number of rotatable bonds is 2. The first-order valence-electron chi connectivity index (χ1n) is 5.79. The summed E-state index contributed by atoms with van der Waals surface area (Å²) in [6, 6.07) is 0. The number of aliphatic carboxylic acids is 1. The van der Waals surface area contributed by atoms with Crippen LogP contribution in [0.2, 0.25) is 0 Å². The molecule has 1 N–H and O–H groups in total. The van der Waals surface area contributed by atoms with Crippen LogP contribution in [0.4, 0.5) is 5.82 Å². The minimum absolute atomic E-state index is 0.591. The predicted octanol–water partition coefficient (Wildman–Crippen LogP) is 1.48. The van der Waals surface area contributed by atoms with E-state index >= 15 is 0 Å². The molecule has 0 amide bonds. The molecule has 0 spiro atoms. The summed E-state index contributed by atoms with van der Waals surface area (Å²) in [5, 5.41) is 9.16. The third kappa shape index (κ3) is 2.23. The molecule has 1 aromatic heterocycles. The predicted molar refractivity (Wildman–Crippen MR) is 64.0 cm³/mol. The molecule has 2 rings (SSSR count). The maximum atomic E-state index is 11.1. The summed E-state index contributed by atoms with van der Waals surface area (Å²) >= 11 is 0. The molecule has 0 atom stereocenters. The molecule has 17 heavy (non-hydrogen) atoms. The average Bonchev–Trinajstić information content (AvgIpc) is 2.31. The lowest BCUT2D eigenvalue weighted by molar-refractivity contribution is -0.149. The second-order valence-electron chi connectivity index (χ2n) is 4.82. The number of anilines is 1. The molecule has 0 aliphatic carbocycles. The fourth-order valence-corrected chi connectivity index (χ4v) is 2.14. The molecular formula is C12H17N3O2. The summed E-state index contributed by atoms with van der Waals surface area (Å²) < 4.78 is 0. The van der Waals surface area contributed by atoms with E-state index in [9.17, 15) is 4.79 Å². The number of nitrogens with zero attached hydrogens (tertiary/aromatic N) is 3. The third-order valence-corrected chi connectivity index (χ3v) is 3.54. The van der Waals surface area contributed by atoms with Crippen LogP contribution >= 0.6 is 0 Å². The minimum atomic E-state index is -0.701. The molecule has 1 saturated heterocycles. The number of piperidine rings is 1. The van der Waals surface area contributed by atoms with Crippen LogP contribution in [0.3, 0.4) is 0 Å². The number of carbonyl (C=O) groups is 1. The lowest BCUT2D eigenvalue weighted by Gasteiger charge is -2.37. The fourth-order valence-electron chi connectivity index (χ4n) is 2.14. The molecule has 0 unspecified atom stereocenters. The highest BCUT2D eigenvalue weighted by Gasteiger charge is 2.37. The molecule has 5 nitrogen and oxygen atoms in total. The Morgan fingerprint density at radius 3 is 2.47 bits per heavy atom. The maximum Gasteiger partial charge on any atom is 0.309 e. The molecule has 1 fully saturated rings. The summed E-state index contributed by atoms with van der Waals surface area (Å²) in [4.78, 5) is 21.8. The van der Waals surface area contributed by atoms with Gasteiger partial charge in [-0.25, -0.2) is 4.98 Å². The van der Waals surface area contributed by atoms with Gasteiger partial charge in [0.25, 0.3) is 0 Å². The van der Waals surface area contributed by atoms with Crippen LogP contribution in [-0.2, 0) is 4.79 Å². The number of aryl methyl sites for hydroxylation is 1. The number of carboxylic acid groups (broad SMARTS) is 1. The van der Waals surface area contributed by atoms with Crippen molar-refractivity contribution in [3.8, 4) is 0 Å². The van der Waals surface area contributed by atoms with Crippen molar-refractivity contribution in [2.75, 3.05) is 18.0 Å². The standard InChI is InChI=1S/C12H17N3O2/c1-9-10(14-6-5-13-9)15-7-3-12(2,4-8-15)11(16)17/h5-6H,3-4,7-8H2,1-2H3,(H,16,17). The Hall–Kier alpha value is -1.65. The van der Waals surface area contributed by atoms with E-state index in [1.54, 1.807) is 12.4 Å². The molecule has 1 aliphatic heterocycles. The van der Waals surface area contributed by atoms with E-state index in [4.69, 9.17) is 5.11 Å². The molecule has 5 heteroatoms. The topological polar surface area (TPSA) is 66.3 Å². The van der Waals surface area contributed by atoms with Crippen molar-refractivity contribution in [1.82, 2.24) is 9.97 Å². The average molecular weight is 235 g/mol. The molecule has 1 aliphatic rings. The first-order valence-corrected chi connectivity index (χ1v) is 5.79. The molecule has 1 aromatic rings. The Morgan fingerprint density at radius 2 is 1.94 bits per heavy atom. The van der Waals surface area contributed by atoms with Gasteiger partial charge in [-0.1, -0.05) is 0 Å². The van der Waals surface area contributed by atoms with Gasteiger partial charge in [-0.2, -0.15) is 0 Å². The highest BCUT2D eigenvalue weighted by Crippen LogP contribution is 2.32. The number of aromatic nitrogens is 2. The number of hydrogen-bond donors (Lipinski definition) is 1. The molecule has 0 radical (unpaired) electrons. The van der Waals surface area contributed by atoms with Gasteiger partial charge in [0.2, 0.25) is 0 Å². The van der Waals surface area contributed by atoms with Gasteiger partial charge >= 0.3 is 5.97 Å². The Labute approximate surface area is 100 Å². The lowest BCUT2D eigenvalue weighted by Crippen LogP contribution is -2.43. The first kappa shape index (κ1) is 11.8. The third-order valence-electron chi connectivity index (χ3n) is 3.54. The summed E-state index contributed by atoms with van der Waals surface area (Å²) in [7, 11) is 0. The molecule has 0 bridgehead atoms. The van der Waals surface area contributed by atoms with E-state index in [1.165, 1.54) is 0 Å². The Balaban J connectivity index is 2.10. The van der Waals surface area contributed by atoms with Crippen molar-refractivity contribution in [1.29, 1.82) is 0 Å². The van der Waals surface area contributed by atoms with Gasteiger partial charge in [0, 0.05) is 25.5 Å². The lowest BCUT2D eigenvalue weighted by atomic mass is 9.80. The summed E-state index contributed by atoms with van der Waals surface area (Å²) in [6.07, 6.45) is 4.65. The second kappa shape index (κ2) is 4.31. The van der Waals surface area contributed by atoms with Gasteiger partial charge in [0.05, 0.1) is 11.1 Å². The van der Waals surface area contributed by atoms with Gasteiger partial charge < -0.3 is 10.0 Å². The minimum Gasteiger partial charge on any atom is -0.481 e. The van der Waals surface area contributed by atoms with Crippen molar-refractivity contribution >= 4 is 11.8 Å². The molecule has 2 heterocycles. The summed E-state index contributed by atoms with van der Waals surface area (Å²) in [5.74, 6) is 0.174. The fraction of sp³-hybridized carbons (Fsp3) is 0.583. The quantitative estimate of drug-likeness (QED) is 0.841. The van der Waals surface area contributed by atoms with E-state index in [0.29, 0.717) is 12.8 Å². The van der Waals surface area contributed by atoms with Crippen molar-refractivity contribution in [2.24, 2.45) is 5.41 Å². The zero-order chi connectivity index (χ0) is 12.5. The van der Waals surface area contributed by atoms with Crippen LogP contribution in [0, 0.1) is 12.3 Å². The summed E-state index contributed by atoms with van der Waals surface area (Å²) in [5.41, 5.74) is 0.304. The van der Waals surface area contributed by atoms with E-state index < -0.39 is 11.4 Å². The molecule has 0 aromatic carbocycles. The normalized spacial score (nSPS) is 19.1. The second-order valence-corrected chi connectivity index (χ2v) is 4.82. The zero-order valence-electron chi connectivity index (χ0n) is 10.2. The largest absolute Gasteiger partial charge is 0.481 e.